The first-order valence-electron chi connectivity index (χ1n) is 8.26. The number of benzene rings is 1. The van der Waals surface area contributed by atoms with Gasteiger partial charge in [0.25, 0.3) is 0 Å². The van der Waals surface area contributed by atoms with E-state index in [4.69, 9.17) is 27.9 Å². The minimum atomic E-state index is -0.618. The molecule has 1 amide bonds. The summed E-state index contributed by atoms with van der Waals surface area (Å²) in [6.45, 7) is 2.12. The number of aromatic hydroxyl groups is 1. The topological polar surface area (TPSA) is 73.2 Å². The van der Waals surface area contributed by atoms with E-state index in [-0.39, 0.29) is 36.8 Å². The summed E-state index contributed by atoms with van der Waals surface area (Å²) in [5.74, 6) is 0.0871. The van der Waals surface area contributed by atoms with E-state index in [1.807, 2.05) is 9.80 Å². The summed E-state index contributed by atoms with van der Waals surface area (Å²) in [4.78, 5) is 16.3. The van der Waals surface area contributed by atoms with Gasteiger partial charge in [-0.3, -0.25) is 9.69 Å². The third-order valence-corrected chi connectivity index (χ3v) is 5.73. The second-order valence-electron chi connectivity index (χ2n) is 6.73. The van der Waals surface area contributed by atoms with Gasteiger partial charge in [-0.05, 0) is 18.6 Å². The maximum absolute atomic E-state index is 12.5. The zero-order valence-corrected chi connectivity index (χ0v) is 15.5. The van der Waals surface area contributed by atoms with Crippen LogP contribution in [0.1, 0.15) is 17.9 Å². The summed E-state index contributed by atoms with van der Waals surface area (Å²) in [5, 5.41) is 20.9. The lowest BCUT2D eigenvalue weighted by atomic mass is 9.95. The third kappa shape index (κ3) is 3.88. The number of aliphatic hydroxyl groups excluding tert-OH is 1. The molecule has 0 aromatic heterocycles. The number of carbonyl (C=O) groups is 1. The molecular formula is C17H22Cl2N2O4. The number of amides is 1. The third-order valence-electron chi connectivity index (χ3n) is 4.91. The van der Waals surface area contributed by atoms with Gasteiger partial charge >= 0.3 is 0 Å². The molecule has 0 saturated carbocycles. The van der Waals surface area contributed by atoms with Crippen LogP contribution in [0.2, 0.25) is 10.0 Å². The van der Waals surface area contributed by atoms with Crippen LogP contribution in [0.4, 0.5) is 0 Å². The fourth-order valence-electron chi connectivity index (χ4n) is 3.88. The van der Waals surface area contributed by atoms with Crippen LogP contribution >= 0.6 is 23.2 Å². The Morgan fingerprint density at radius 3 is 2.84 bits per heavy atom. The highest BCUT2D eigenvalue weighted by molar-refractivity contribution is 6.42. The van der Waals surface area contributed by atoms with Crippen LogP contribution in [0.5, 0.6) is 5.75 Å². The molecule has 0 bridgehead atoms. The van der Waals surface area contributed by atoms with E-state index < -0.39 is 6.10 Å². The van der Waals surface area contributed by atoms with Crippen LogP contribution in [0.3, 0.4) is 0 Å². The molecule has 25 heavy (non-hydrogen) atoms. The summed E-state index contributed by atoms with van der Waals surface area (Å²) in [5.41, 5.74) is 0.613. The molecule has 0 aliphatic carbocycles. The van der Waals surface area contributed by atoms with Crippen LogP contribution in [0.25, 0.3) is 0 Å². The lowest BCUT2D eigenvalue weighted by Crippen LogP contribution is -2.55. The van der Waals surface area contributed by atoms with Gasteiger partial charge in [0, 0.05) is 44.3 Å². The summed E-state index contributed by atoms with van der Waals surface area (Å²) >= 11 is 12.4. The molecule has 1 aromatic carbocycles. The molecule has 138 valence electrons. The highest BCUT2D eigenvalue weighted by atomic mass is 35.5. The fourth-order valence-corrected chi connectivity index (χ4v) is 4.35. The number of β-amino-alcohol motifs (C(OH)–C–C–N with tert-alkyl or cyclic N) is 1. The van der Waals surface area contributed by atoms with E-state index in [1.165, 1.54) is 13.2 Å². The summed E-state index contributed by atoms with van der Waals surface area (Å²) < 4.78 is 4.94. The number of carbonyl (C=O) groups excluding carboxylic acids is 1. The van der Waals surface area contributed by atoms with Crippen molar-refractivity contribution in [3.8, 4) is 5.75 Å². The van der Waals surface area contributed by atoms with Crippen molar-refractivity contribution in [1.29, 1.82) is 0 Å². The van der Waals surface area contributed by atoms with E-state index in [0.29, 0.717) is 41.7 Å². The molecule has 2 aliphatic rings. The maximum Gasteiger partial charge on any atom is 0.237 e. The quantitative estimate of drug-likeness (QED) is 0.802. The molecule has 2 fully saturated rings. The van der Waals surface area contributed by atoms with Crippen molar-refractivity contribution >= 4 is 29.1 Å². The first kappa shape index (κ1) is 18.7. The average Bonchev–Trinajstić information content (AvgIpc) is 2.96. The summed E-state index contributed by atoms with van der Waals surface area (Å²) in [6, 6.07) is 3.14. The Morgan fingerprint density at radius 2 is 2.12 bits per heavy atom. The minimum Gasteiger partial charge on any atom is -0.508 e. The molecule has 2 saturated heterocycles. The molecule has 2 N–H and O–H groups in total. The van der Waals surface area contributed by atoms with E-state index in [1.54, 1.807) is 6.07 Å². The Morgan fingerprint density at radius 1 is 1.36 bits per heavy atom. The van der Waals surface area contributed by atoms with Crippen molar-refractivity contribution in [3.05, 3.63) is 27.7 Å². The minimum absolute atomic E-state index is 0.0287. The fraction of sp³-hybridized carbons (Fsp3) is 0.588. The molecule has 8 heteroatoms. The second kappa shape index (κ2) is 7.68. The number of fused-ring (bicyclic) bond motifs is 1. The molecular weight excluding hydrogens is 367 g/mol. The lowest BCUT2D eigenvalue weighted by Gasteiger charge is -2.37. The maximum atomic E-state index is 12.5. The summed E-state index contributed by atoms with van der Waals surface area (Å²) in [6.07, 6.45) is 0.0870. The molecule has 0 spiro atoms. The van der Waals surface area contributed by atoms with E-state index >= 15 is 0 Å². The Bertz CT molecular complexity index is 658. The number of nitrogens with zero attached hydrogens (tertiary/aromatic N) is 2. The molecule has 0 unspecified atom stereocenters. The first-order valence-corrected chi connectivity index (χ1v) is 9.02. The largest absolute Gasteiger partial charge is 0.508 e. The number of phenolic OH excluding ortho intramolecular Hbond substituents is 1. The van der Waals surface area contributed by atoms with Crippen molar-refractivity contribution in [1.82, 2.24) is 9.80 Å². The molecule has 1 aromatic rings. The van der Waals surface area contributed by atoms with Crippen molar-refractivity contribution in [2.24, 2.45) is 0 Å². The monoisotopic (exact) mass is 388 g/mol. The number of phenols is 1. The first-order chi connectivity index (χ1) is 11.9. The number of piperazine rings is 1. The Hall–Kier alpha value is -1.05. The highest BCUT2D eigenvalue weighted by Crippen LogP contribution is 2.43. The van der Waals surface area contributed by atoms with Crippen molar-refractivity contribution in [2.75, 3.05) is 39.9 Å². The molecule has 2 aliphatic heterocycles. The Labute approximate surface area is 156 Å². The van der Waals surface area contributed by atoms with Gasteiger partial charge in [-0.2, -0.15) is 0 Å². The zero-order chi connectivity index (χ0) is 18.1. The van der Waals surface area contributed by atoms with E-state index in [9.17, 15) is 15.0 Å². The number of ether oxygens (including phenoxy) is 1. The van der Waals surface area contributed by atoms with Crippen LogP contribution in [0, 0.1) is 0 Å². The van der Waals surface area contributed by atoms with Crippen LogP contribution in [0.15, 0.2) is 12.1 Å². The standard InChI is InChI=1S/C17H22Cl2N2O4/c1-25-9-12(22)7-20-6-11-4-10(5-21(11)15(24)8-20)16-14(23)3-2-13(18)17(16)19/h2-3,10-12,22-23H,4-9H2,1H3/t10-,11-,12-/m0/s1. The van der Waals surface area contributed by atoms with Gasteiger partial charge in [0.15, 0.2) is 0 Å². The highest BCUT2D eigenvalue weighted by Gasteiger charge is 2.42. The number of methoxy groups -OCH3 is 1. The number of halogens is 2. The molecule has 0 radical (unpaired) electrons. The molecule has 3 atom stereocenters. The van der Waals surface area contributed by atoms with Crippen molar-refractivity contribution in [3.63, 3.8) is 0 Å². The van der Waals surface area contributed by atoms with Gasteiger partial charge in [-0.15, -0.1) is 0 Å². The molecule has 6 nitrogen and oxygen atoms in total. The number of rotatable bonds is 5. The van der Waals surface area contributed by atoms with Gasteiger partial charge in [0.2, 0.25) is 5.91 Å². The predicted octanol–water partition coefficient (Wildman–Crippen LogP) is 1.71. The normalized spacial score (nSPS) is 25.3. The van der Waals surface area contributed by atoms with E-state index in [2.05, 4.69) is 0 Å². The van der Waals surface area contributed by atoms with Crippen LogP contribution < -0.4 is 0 Å². The van der Waals surface area contributed by atoms with Gasteiger partial charge < -0.3 is 19.8 Å². The molecule has 3 rings (SSSR count). The smallest absolute Gasteiger partial charge is 0.237 e. The van der Waals surface area contributed by atoms with Gasteiger partial charge in [-0.25, -0.2) is 0 Å². The number of aliphatic hydroxyl groups is 1. The number of hydrogen-bond donors (Lipinski definition) is 2. The van der Waals surface area contributed by atoms with Gasteiger partial charge in [-0.1, -0.05) is 23.2 Å². The van der Waals surface area contributed by atoms with E-state index in [0.717, 1.165) is 0 Å². The lowest BCUT2D eigenvalue weighted by molar-refractivity contribution is -0.138. The van der Waals surface area contributed by atoms with Gasteiger partial charge in [0.05, 0.1) is 29.3 Å². The zero-order valence-electron chi connectivity index (χ0n) is 14.0. The predicted molar refractivity (Wildman–Crippen MR) is 95.3 cm³/mol. The Kier molecular flexibility index (Phi) is 5.75. The van der Waals surface area contributed by atoms with Crippen molar-refractivity contribution < 1.29 is 19.7 Å². The van der Waals surface area contributed by atoms with Crippen LogP contribution in [-0.4, -0.2) is 78.0 Å². The second-order valence-corrected chi connectivity index (χ2v) is 7.52. The molecule has 2 heterocycles. The van der Waals surface area contributed by atoms with Gasteiger partial charge in [0.1, 0.15) is 5.75 Å². The average molecular weight is 389 g/mol. The van der Waals surface area contributed by atoms with Crippen molar-refractivity contribution in [2.45, 2.75) is 24.5 Å². The van der Waals surface area contributed by atoms with Crippen LogP contribution in [-0.2, 0) is 9.53 Å². The Balaban J connectivity index is 1.73. The number of hydrogen-bond acceptors (Lipinski definition) is 5. The SMILES string of the molecule is COC[C@@H](O)CN1CC(=O)N2C[C@@H](c3c(O)ccc(Cl)c3Cl)C[C@H]2C1. The summed E-state index contributed by atoms with van der Waals surface area (Å²) in [7, 11) is 1.54.